The third-order valence-corrected chi connectivity index (χ3v) is 2.88. The highest BCUT2D eigenvalue weighted by Gasteiger charge is 2.24. The molecule has 0 aromatic carbocycles. The number of nitrogens with one attached hydrogen (secondary N) is 1. The first-order valence-corrected chi connectivity index (χ1v) is 6.28. The zero-order chi connectivity index (χ0) is 14.6. The average molecular weight is 267 g/mol. The van der Waals surface area contributed by atoms with Crippen molar-refractivity contribution in [2.24, 2.45) is 5.41 Å². The third kappa shape index (κ3) is 4.17. The van der Waals surface area contributed by atoms with Gasteiger partial charge in [0.25, 0.3) is 11.7 Å². The molecule has 0 fully saturated rings. The van der Waals surface area contributed by atoms with Crippen molar-refractivity contribution in [3.8, 4) is 0 Å². The van der Waals surface area contributed by atoms with Gasteiger partial charge in [-0.3, -0.25) is 14.3 Å². The van der Waals surface area contributed by atoms with E-state index in [1.165, 1.54) is 12.4 Å². The second-order valence-corrected chi connectivity index (χ2v) is 5.51. The molecule has 1 aromatic rings. The first-order valence-electron chi connectivity index (χ1n) is 6.28. The van der Waals surface area contributed by atoms with Crippen molar-refractivity contribution in [2.45, 2.75) is 40.3 Å². The molecule has 6 heteroatoms. The van der Waals surface area contributed by atoms with Gasteiger partial charge in [0, 0.05) is 19.3 Å². The Bertz CT molecular complexity index is 460. The second kappa shape index (κ2) is 5.97. The molecule has 6 nitrogen and oxygen atoms in total. The van der Waals surface area contributed by atoms with Gasteiger partial charge in [0.05, 0.1) is 17.9 Å². The first-order chi connectivity index (χ1) is 8.75. The Balaban J connectivity index is 2.56. The Hall–Kier alpha value is -1.69. The van der Waals surface area contributed by atoms with Gasteiger partial charge in [-0.2, -0.15) is 5.10 Å². The fourth-order valence-electron chi connectivity index (χ4n) is 1.36. The summed E-state index contributed by atoms with van der Waals surface area (Å²) >= 11 is 0. The molecule has 0 aliphatic heterocycles. The zero-order valence-corrected chi connectivity index (χ0v) is 11.8. The van der Waals surface area contributed by atoms with Crippen LogP contribution in [0.1, 0.15) is 38.1 Å². The number of carbonyl (C=O) groups excluding carboxylic acids is 2. The molecule has 1 heterocycles. The minimum Gasteiger partial charge on any atom is -0.391 e. The van der Waals surface area contributed by atoms with E-state index in [4.69, 9.17) is 0 Å². The van der Waals surface area contributed by atoms with Gasteiger partial charge < -0.3 is 10.4 Å². The number of aliphatic hydroxyl groups excluding tert-OH is 1. The Morgan fingerprint density at radius 2 is 2.11 bits per heavy atom. The minimum atomic E-state index is -0.723. The van der Waals surface area contributed by atoms with Gasteiger partial charge in [-0.25, -0.2) is 0 Å². The van der Waals surface area contributed by atoms with Crippen LogP contribution in [0, 0.1) is 5.41 Å². The topological polar surface area (TPSA) is 84.2 Å². The predicted molar refractivity (Wildman–Crippen MR) is 70.7 cm³/mol. The van der Waals surface area contributed by atoms with Crippen LogP contribution in [-0.2, 0) is 11.3 Å². The molecule has 0 saturated heterocycles. The summed E-state index contributed by atoms with van der Waals surface area (Å²) in [6, 6.07) is 0. The number of amides is 1. The monoisotopic (exact) mass is 267 g/mol. The van der Waals surface area contributed by atoms with E-state index in [1.54, 1.807) is 4.68 Å². The van der Waals surface area contributed by atoms with Crippen LogP contribution < -0.4 is 5.32 Å². The fourth-order valence-corrected chi connectivity index (χ4v) is 1.36. The standard InChI is InChI=1S/C13H21N3O3/c1-5-16-8-9(6-15-16)11(18)12(19)14-7-10(17)13(2,3)4/h6,8,10,17H,5,7H2,1-4H3,(H,14,19). The van der Waals surface area contributed by atoms with Crippen LogP contribution in [-0.4, -0.2) is 39.2 Å². The molecular formula is C13H21N3O3. The molecule has 106 valence electrons. The van der Waals surface area contributed by atoms with Gasteiger partial charge in [0.1, 0.15) is 0 Å². The van der Waals surface area contributed by atoms with Crippen LogP contribution in [0.25, 0.3) is 0 Å². The molecule has 1 atom stereocenters. The smallest absolute Gasteiger partial charge is 0.292 e. The van der Waals surface area contributed by atoms with E-state index in [0.29, 0.717) is 6.54 Å². The molecule has 19 heavy (non-hydrogen) atoms. The highest BCUT2D eigenvalue weighted by molar-refractivity contribution is 6.42. The molecule has 1 rings (SSSR count). The summed E-state index contributed by atoms with van der Waals surface area (Å²) < 4.78 is 1.57. The number of hydrogen-bond acceptors (Lipinski definition) is 4. The number of aryl methyl sites for hydroxylation is 1. The van der Waals surface area contributed by atoms with Gasteiger partial charge in [0.15, 0.2) is 0 Å². The maximum atomic E-state index is 11.8. The lowest BCUT2D eigenvalue weighted by atomic mass is 9.89. The summed E-state index contributed by atoms with van der Waals surface area (Å²) in [7, 11) is 0. The van der Waals surface area contributed by atoms with Crippen molar-refractivity contribution in [3.05, 3.63) is 18.0 Å². The van der Waals surface area contributed by atoms with Gasteiger partial charge >= 0.3 is 0 Å². The van der Waals surface area contributed by atoms with Crippen molar-refractivity contribution in [1.29, 1.82) is 0 Å². The van der Waals surface area contributed by atoms with E-state index < -0.39 is 17.8 Å². The summed E-state index contributed by atoms with van der Waals surface area (Å²) in [5.74, 6) is -1.36. The van der Waals surface area contributed by atoms with Crippen molar-refractivity contribution in [3.63, 3.8) is 0 Å². The molecule has 1 unspecified atom stereocenters. The van der Waals surface area contributed by atoms with Gasteiger partial charge in [-0.05, 0) is 12.3 Å². The van der Waals surface area contributed by atoms with Gasteiger partial charge in [-0.15, -0.1) is 0 Å². The molecule has 1 amide bonds. The molecule has 0 aliphatic carbocycles. The van der Waals surface area contributed by atoms with E-state index in [1.807, 2.05) is 27.7 Å². The quantitative estimate of drug-likeness (QED) is 0.604. The number of carbonyl (C=O) groups is 2. The van der Waals surface area contributed by atoms with Crippen molar-refractivity contribution in [1.82, 2.24) is 15.1 Å². The van der Waals surface area contributed by atoms with E-state index in [9.17, 15) is 14.7 Å². The molecular weight excluding hydrogens is 246 g/mol. The number of Topliss-reactive ketones (excluding diaryl/α,β-unsaturated/α-hetero) is 1. The lowest BCUT2D eigenvalue weighted by Crippen LogP contribution is -2.41. The van der Waals surface area contributed by atoms with Crippen LogP contribution in [0.3, 0.4) is 0 Å². The molecule has 0 radical (unpaired) electrons. The zero-order valence-electron chi connectivity index (χ0n) is 11.8. The number of aromatic nitrogens is 2. The van der Waals surface area contributed by atoms with Crippen LogP contribution in [0.15, 0.2) is 12.4 Å². The van der Waals surface area contributed by atoms with Crippen molar-refractivity contribution in [2.75, 3.05) is 6.54 Å². The summed E-state index contributed by atoms with van der Waals surface area (Å²) in [6.45, 7) is 8.15. The number of aliphatic hydroxyl groups is 1. The van der Waals surface area contributed by atoms with Crippen LogP contribution in [0.5, 0.6) is 0 Å². The Morgan fingerprint density at radius 1 is 1.47 bits per heavy atom. The number of nitrogens with zero attached hydrogens (tertiary/aromatic N) is 2. The van der Waals surface area contributed by atoms with Crippen LogP contribution in [0.4, 0.5) is 0 Å². The average Bonchev–Trinajstić information content (AvgIpc) is 2.81. The molecule has 0 aliphatic rings. The molecule has 2 N–H and O–H groups in total. The highest BCUT2D eigenvalue weighted by atomic mass is 16.3. The maximum absolute atomic E-state index is 11.8. The normalized spacial score (nSPS) is 13.1. The molecule has 1 aromatic heterocycles. The lowest BCUT2D eigenvalue weighted by Gasteiger charge is -2.25. The summed E-state index contributed by atoms with van der Waals surface area (Å²) in [5, 5.41) is 16.2. The van der Waals surface area contributed by atoms with Gasteiger partial charge in [0.2, 0.25) is 0 Å². The molecule has 0 bridgehead atoms. The Kier molecular flexibility index (Phi) is 4.83. The van der Waals surface area contributed by atoms with E-state index in [2.05, 4.69) is 10.4 Å². The number of hydrogen-bond donors (Lipinski definition) is 2. The SMILES string of the molecule is CCn1cc(C(=O)C(=O)NCC(O)C(C)(C)C)cn1. The summed E-state index contributed by atoms with van der Waals surface area (Å²) in [6.07, 6.45) is 2.19. The van der Waals surface area contributed by atoms with Gasteiger partial charge in [-0.1, -0.05) is 20.8 Å². The first kappa shape index (κ1) is 15.4. The fraction of sp³-hybridized carbons (Fsp3) is 0.615. The molecule has 0 spiro atoms. The summed E-state index contributed by atoms with van der Waals surface area (Å²) in [5.41, 5.74) is -0.0896. The largest absolute Gasteiger partial charge is 0.391 e. The van der Waals surface area contributed by atoms with Crippen molar-refractivity contribution < 1.29 is 14.7 Å². The summed E-state index contributed by atoms with van der Waals surface area (Å²) in [4.78, 5) is 23.5. The highest BCUT2D eigenvalue weighted by Crippen LogP contribution is 2.18. The van der Waals surface area contributed by atoms with E-state index >= 15 is 0 Å². The maximum Gasteiger partial charge on any atom is 0.292 e. The predicted octanol–water partition coefficient (Wildman–Crippen LogP) is 0.609. The minimum absolute atomic E-state index is 0.0516. The Morgan fingerprint density at radius 3 is 2.58 bits per heavy atom. The van der Waals surface area contributed by atoms with E-state index in [-0.39, 0.29) is 17.5 Å². The van der Waals surface area contributed by atoms with Crippen LogP contribution >= 0.6 is 0 Å². The lowest BCUT2D eigenvalue weighted by molar-refractivity contribution is -0.117. The third-order valence-electron chi connectivity index (χ3n) is 2.88. The van der Waals surface area contributed by atoms with Crippen molar-refractivity contribution >= 4 is 11.7 Å². The molecule has 0 saturated carbocycles. The second-order valence-electron chi connectivity index (χ2n) is 5.51. The van der Waals surface area contributed by atoms with E-state index in [0.717, 1.165) is 0 Å². The van der Waals surface area contributed by atoms with Crippen LogP contribution in [0.2, 0.25) is 0 Å². The number of rotatable bonds is 5. The Labute approximate surface area is 112 Å². The number of ketones is 1.